The minimum absolute atomic E-state index is 0.0710. The first-order valence-electron chi connectivity index (χ1n) is 7.22. The number of nitrogens with one attached hydrogen (secondary N) is 1. The Labute approximate surface area is 126 Å². The van der Waals surface area contributed by atoms with Crippen molar-refractivity contribution >= 4 is 21.6 Å². The first-order valence-corrected chi connectivity index (χ1v) is 8.83. The van der Waals surface area contributed by atoms with Crippen LogP contribution in [0.3, 0.4) is 0 Å². The highest BCUT2D eigenvalue weighted by Gasteiger charge is 2.34. The minimum atomic E-state index is -3.28. The Morgan fingerprint density at radius 1 is 1.43 bits per heavy atom. The summed E-state index contributed by atoms with van der Waals surface area (Å²) in [6, 6.07) is 5.19. The van der Waals surface area contributed by atoms with Gasteiger partial charge in [-0.1, -0.05) is 0 Å². The summed E-state index contributed by atoms with van der Waals surface area (Å²) in [5, 5.41) is 2.84. The summed E-state index contributed by atoms with van der Waals surface area (Å²) in [7, 11) is -3.28. The number of carbonyl (C=O) groups is 1. The number of sulfonamides is 1. The third-order valence-corrected chi connectivity index (χ3v) is 5.46. The number of hydrogen-bond donors (Lipinski definition) is 1. The summed E-state index contributed by atoms with van der Waals surface area (Å²) in [6.07, 6.45) is 0.636. The van der Waals surface area contributed by atoms with Gasteiger partial charge in [0.05, 0.1) is 11.4 Å². The maximum absolute atomic E-state index is 12.2. The topological polar surface area (TPSA) is 66.5 Å². The largest absolute Gasteiger partial charge is 0.350 e. The molecule has 1 aromatic carbocycles. The molecule has 1 atom stereocenters. The highest BCUT2D eigenvalue weighted by atomic mass is 32.2. The highest BCUT2D eigenvalue weighted by molar-refractivity contribution is 7.92. The van der Waals surface area contributed by atoms with E-state index in [0.717, 1.165) is 5.56 Å². The highest BCUT2D eigenvalue weighted by Crippen LogP contribution is 2.35. The van der Waals surface area contributed by atoms with Gasteiger partial charge < -0.3 is 5.32 Å². The van der Waals surface area contributed by atoms with Crippen molar-refractivity contribution in [2.75, 3.05) is 10.1 Å². The molecule has 0 fully saturated rings. The molecular formula is C15H22N2O3S. The normalized spacial score (nSPS) is 18.0. The molecule has 1 N–H and O–H groups in total. The molecule has 6 heteroatoms. The Morgan fingerprint density at radius 2 is 2.10 bits per heavy atom. The van der Waals surface area contributed by atoms with E-state index in [9.17, 15) is 13.2 Å². The Bertz CT molecular complexity index is 653. The fraction of sp³-hybridized carbons (Fsp3) is 0.533. The zero-order valence-corrected chi connectivity index (χ0v) is 13.7. The van der Waals surface area contributed by atoms with Crippen LogP contribution in [0.15, 0.2) is 18.2 Å². The zero-order chi connectivity index (χ0) is 15.8. The Hall–Kier alpha value is -1.56. The van der Waals surface area contributed by atoms with Crippen molar-refractivity contribution in [1.29, 1.82) is 0 Å². The summed E-state index contributed by atoms with van der Waals surface area (Å²) >= 11 is 0. The van der Waals surface area contributed by atoms with Crippen molar-refractivity contribution in [3.05, 3.63) is 29.3 Å². The fourth-order valence-corrected chi connectivity index (χ4v) is 4.03. The lowest BCUT2D eigenvalue weighted by Crippen LogP contribution is -2.36. The van der Waals surface area contributed by atoms with E-state index < -0.39 is 10.0 Å². The molecule has 0 radical (unpaired) electrons. The van der Waals surface area contributed by atoms with Gasteiger partial charge in [-0.2, -0.15) is 0 Å². The van der Waals surface area contributed by atoms with Gasteiger partial charge in [0.2, 0.25) is 10.0 Å². The lowest BCUT2D eigenvalue weighted by molar-refractivity contribution is 0.0943. The summed E-state index contributed by atoms with van der Waals surface area (Å²) in [4.78, 5) is 12.0. The summed E-state index contributed by atoms with van der Waals surface area (Å²) < 4.78 is 25.8. The molecule has 1 aliphatic heterocycles. The molecule has 1 amide bonds. The predicted molar refractivity (Wildman–Crippen MR) is 84.2 cm³/mol. The predicted octanol–water partition coefficient (Wildman–Crippen LogP) is 1.93. The number of nitrogens with zero attached hydrogens (tertiary/aromatic N) is 1. The molecule has 0 bridgehead atoms. The molecule has 1 heterocycles. The SMILES string of the molecule is CCS(=O)(=O)N1c2ccc(C(=O)NC(C)C)cc2C[C@H]1C. The van der Waals surface area contributed by atoms with E-state index in [2.05, 4.69) is 5.32 Å². The van der Waals surface area contributed by atoms with Gasteiger partial charge in [-0.25, -0.2) is 8.42 Å². The number of carbonyl (C=O) groups excluding carboxylic acids is 1. The maximum atomic E-state index is 12.2. The molecule has 0 aromatic heterocycles. The molecule has 0 aliphatic carbocycles. The second-order valence-corrected chi connectivity index (χ2v) is 7.86. The standard InChI is InChI=1S/C15H22N2O3S/c1-5-21(19,20)17-11(4)8-13-9-12(6-7-14(13)17)15(18)16-10(2)3/h6-7,9-11H,5,8H2,1-4H3,(H,16,18)/t11-/m1/s1. The Balaban J connectivity index is 2.36. The van der Waals surface area contributed by atoms with Crippen LogP contribution in [-0.4, -0.2) is 32.2 Å². The molecule has 0 spiro atoms. The number of amides is 1. The van der Waals surface area contributed by atoms with Crippen LogP contribution in [0, 0.1) is 0 Å². The first kappa shape index (κ1) is 15.8. The van der Waals surface area contributed by atoms with Crippen molar-refractivity contribution in [1.82, 2.24) is 5.32 Å². The van der Waals surface area contributed by atoms with Crippen molar-refractivity contribution in [2.24, 2.45) is 0 Å². The van der Waals surface area contributed by atoms with Crippen LogP contribution in [0.5, 0.6) is 0 Å². The molecule has 0 saturated heterocycles. The molecule has 116 valence electrons. The molecule has 5 nitrogen and oxygen atoms in total. The van der Waals surface area contributed by atoms with Crippen molar-refractivity contribution < 1.29 is 13.2 Å². The number of fused-ring (bicyclic) bond motifs is 1. The van der Waals surface area contributed by atoms with E-state index in [4.69, 9.17) is 0 Å². The monoisotopic (exact) mass is 310 g/mol. The maximum Gasteiger partial charge on any atom is 0.251 e. The third-order valence-electron chi connectivity index (χ3n) is 3.58. The van der Waals surface area contributed by atoms with Gasteiger partial charge in [-0.3, -0.25) is 9.10 Å². The van der Waals surface area contributed by atoms with Gasteiger partial charge >= 0.3 is 0 Å². The van der Waals surface area contributed by atoms with E-state index >= 15 is 0 Å². The average Bonchev–Trinajstić information content (AvgIpc) is 2.73. The molecule has 21 heavy (non-hydrogen) atoms. The second kappa shape index (κ2) is 5.67. The second-order valence-electron chi connectivity index (χ2n) is 5.72. The van der Waals surface area contributed by atoms with Gasteiger partial charge in [-0.15, -0.1) is 0 Å². The van der Waals surface area contributed by atoms with Crippen molar-refractivity contribution in [2.45, 2.75) is 46.2 Å². The lowest BCUT2D eigenvalue weighted by Gasteiger charge is -2.23. The van der Waals surface area contributed by atoms with Crippen LogP contribution < -0.4 is 9.62 Å². The van der Waals surface area contributed by atoms with Gasteiger partial charge in [0.15, 0.2) is 0 Å². The van der Waals surface area contributed by atoms with Gasteiger partial charge in [0, 0.05) is 17.6 Å². The van der Waals surface area contributed by atoms with Gasteiger partial charge in [0.25, 0.3) is 5.91 Å². The fourth-order valence-electron chi connectivity index (χ4n) is 2.65. The minimum Gasteiger partial charge on any atom is -0.350 e. The van der Waals surface area contributed by atoms with E-state index in [0.29, 0.717) is 17.7 Å². The van der Waals surface area contributed by atoms with Crippen LogP contribution in [0.1, 0.15) is 43.6 Å². The van der Waals surface area contributed by atoms with Crippen molar-refractivity contribution in [3.8, 4) is 0 Å². The Morgan fingerprint density at radius 3 is 2.67 bits per heavy atom. The zero-order valence-electron chi connectivity index (χ0n) is 12.9. The van der Waals surface area contributed by atoms with E-state index in [1.807, 2.05) is 20.8 Å². The number of hydrogen-bond acceptors (Lipinski definition) is 3. The third kappa shape index (κ3) is 3.05. The molecule has 1 aliphatic rings. The van der Waals surface area contributed by atoms with E-state index in [-0.39, 0.29) is 23.7 Å². The molecule has 2 rings (SSSR count). The van der Waals surface area contributed by atoms with Crippen molar-refractivity contribution in [3.63, 3.8) is 0 Å². The smallest absolute Gasteiger partial charge is 0.251 e. The van der Waals surface area contributed by atoms with E-state index in [1.54, 1.807) is 25.1 Å². The first-order chi connectivity index (χ1) is 9.76. The number of rotatable bonds is 4. The number of benzene rings is 1. The van der Waals surface area contributed by atoms with E-state index in [1.165, 1.54) is 4.31 Å². The summed E-state index contributed by atoms with van der Waals surface area (Å²) in [6.45, 7) is 7.34. The van der Waals surface area contributed by atoms with Crippen LogP contribution in [0.4, 0.5) is 5.69 Å². The van der Waals surface area contributed by atoms with Crippen LogP contribution in [0.2, 0.25) is 0 Å². The Kier molecular flexibility index (Phi) is 4.27. The van der Waals surface area contributed by atoms with Crippen LogP contribution in [0.25, 0.3) is 0 Å². The molecular weight excluding hydrogens is 288 g/mol. The van der Waals surface area contributed by atoms with Crippen LogP contribution in [-0.2, 0) is 16.4 Å². The quantitative estimate of drug-likeness (QED) is 0.924. The molecule has 0 unspecified atom stereocenters. The lowest BCUT2D eigenvalue weighted by atomic mass is 10.1. The average molecular weight is 310 g/mol. The number of anilines is 1. The van der Waals surface area contributed by atoms with Gasteiger partial charge in [0.1, 0.15) is 0 Å². The summed E-state index contributed by atoms with van der Waals surface area (Å²) in [5.74, 6) is -0.0518. The summed E-state index contributed by atoms with van der Waals surface area (Å²) in [5.41, 5.74) is 2.19. The van der Waals surface area contributed by atoms with Gasteiger partial charge in [-0.05, 0) is 57.9 Å². The molecule has 1 aromatic rings. The van der Waals surface area contributed by atoms with Crippen LogP contribution >= 0.6 is 0 Å². The molecule has 0 saturated carbocycles.